The van der Waals surface area contributed by atoms with Crippen LogP contribution in [0.4, 0.5) is 5.69 Å². The van der Waals surface area contributed by atoms with Gasteiger partial charge in [-0.2, -0.15) is 0 Å². The maximum Gasteiger partial charge on any atom is 0.250 e. The van der Waals surface area contributed by atoms with Gasteiger partial charge in [-0.1, -0.05) is 45.9 Å². The van der Waals surface area contributed by atoms with Crippen LogP contribution in [0.2, 0.25) is 0 Å². The molecule has 0 radical (unpaired) electrons. The lowest BCUT2D eigenvalue weighted by molar-refractivity contribution is -0.136. The number of rotatable bonds is 2. The van der Waals surface area contributed by atoms with E-state index in [2.05, 4.69) is 5.32 Å². The minimum Gasteiger partial charge on any atom is -0.342 e. The molecule has 4 nitrogen and oxygen atoms in total. The van der Waals surface area contributed by atoms with E-state index in [0.717, 1.165) is 5.69 Å². The van der Waals surface area contributed by atoms with Gasteiger partial charge >= 0.3 is 0 Å². The molecule has 4 heteroatoms. The van der Waals surface area contributed by atoms with E-state index in [1.165, 1.54) is 0 Å². The molecule has 20 heavy (non-hydrogen) atoms. The highest BCUT2D eigenvalue weighted by atomic mass is 16.2. The molecule has 0 bridgehead atoms. The zero-order valence-electron chi connectivity index (χ0n) is 12.5. The minimum atomic E-state index is -0.488. The van der Waals surface area contributed by atoms with Gasteiger partial charge < -0.3 is 5.32 Å². The van der Waals surface area contributed by atoms with Gasteiger partial charge in [0.15, 0.2) is 0 Å². The molecule has 0 aromatic heterocycles. The molecule has 0 aliphatic carbocycles. The SMILES string of the molecule is CCC1C(=O)NC(C(C)(C)C)C(=O)N1c1ccccc1. The quantitative estimate of drug-likeness (QED) is 0.900. The van der Waals surface area contributed by atoms with E-state index < -0.39 is 12.1 Å². The molecule has 2 atom stereocenters. The van der Waals surface area contributed by atoms with Crippen LogP contribution in [0.1, 0.15) is 34.1 Å². The van der Waals surface area contributed by atoms with Gasteiger partial charge in [0.2, 0.25) is 5.91 Å². The summed E-state index contributed by atoms with van der Waals surface area (Å²) in [6.45, 7) is 7.81. The van der Waals surface area contributed by atoms with Crippen LogP contribution in [0.25, 0.3) is 0 Å². The van der Waals surface area contributed by atoms with Crippen LogP contribution in [0.3, 0.4) is 0 Å². The Hall–Kier alpha value is -1.84. The van der Waals surface area contributed by atoms with Crippen molar-refractivity contribution in [2.24, 2.45) is 5.41 Å². The van der Waals surface area contributed by atoms with Crippen LogP contribution in [-0.4, -0.2) is 23.9 Å². The number of anilines is 1. The van der Waals surface area contributed by atoms with E-state index in [0.29, 0.717) is 6.42 Å². The van der Waals surface area contributed by atoms with Crippen LogP contribution < -0.4 is 10.2 Å². The third-order valence-corrected chi connectivity index (χ3v) is 3.67. The third kappa shape index (κ3) is 2.55. The Bertz CT molecular complexity index is 505. The largest absolute Gasteiger partial charge is 0.342 e. The van der Waals surface area contributed by atoms with Crippen molar-refractivity contribution < 1.29 is 9.59 Å². The number of amides is 2. The summed E-state index contributed by atoms with van der Waals surface area (Å²) in [5, 5.41) is 2.88. The molecule has 1 aromatic carbocycles. The summed E-state index contributed by atoms with van der Waals surface area (Å²) < 4.78 is 0. The first kappa shape index (κ1) is 14.6. The summed E-state index contributed by atoms with van der Waals surface area (Å²) in [4.78, 5) is 26.8. The molecule has 1 saturated heterocycles. The number of carbonyl (C=O) groups is 2. The molecular formula is C16H22N2O2. The predicted octanol–water partition coefficient (Wildman–Crippen LogP) is 2.34. The fourth-order valence-corrected chi connectivity index (χ4v) is 2.56. The van der Waals surface area contributed by atoms with E-state index in [1.54, 1.807) is 4.90 Å². The van der Waals surface area contributed by atoms with Crippen molar-refractivity contribution in [2.75, 3.05) is 4.90 Å². The van der Waals surface area contributed by atoms with Gasteiger partial charge in [0.25, 0.3) is 5.91 Å². The van der Waals surface area contributed by atoms with Crippen molar-refractivity contribution in [3.05, 3.63) is 30.3 Å². The van der Waals surface area contributed by atoms with E-state index >= 15 is 0 Å². The van der Waals surface area contributed by atoms with E-state index in [-0.39, 0.29) is 17.2 Å². The lowest BCUT2D eigenvalue weighted by atomic mass is 9.83. The first-order valence-electron chi connectivity index (χ1n) is 7.04. The van der Waals surface area contributed by atoms with E-state index in [9.17, 15) is 9.59 Å². The standard InChI is InChI=1S/C16H22N2O2/c1-5-12-14(19)17-13(16(2,3)4)15(20)18(12)11-9-7-6-8-10-11/h6-10,12-13H,5H2,1-4H3,(H,17,19). The Labute approximate surface area is 120 Å². The van der Waals surface area contributed by atoms with Gasteiger partial charge in [-0.05, 0) is 24.0 Å². The molecule has 1 fully saturated rings. The zero-order chi connectivity index (χ0) is 14.9. The Morgan fingerprint density at radius 2 is 1.75 bits per heavy atom. The van der Waals surface area contributed by atoms with Crippen molar-refractivity contribution in [1.29, 1.82) is 0 Å². The van der Waals surface area contributed by atoms with Crippen molar-refractivity contribution in [3.63, 3.8) is 0 Å². The minimum absolute atomic E-state index is 0.0323. The van der Waals surface area contributed by atoms with E-state index in [1.807, 2.05) is 58.0 Å². The lowest BCUT2D eigenvalue weighted by Gasteiger charge is -2.43. The monoisotopic (exact) mass is 274 g/mol. The summed E-state index contributed by atoms with van der Waals surface area (Å²) in [7, 11) is 0. The van der Waals surface area contributed by atoms with Crippen molar-refractivity contribution in [2.45, 2.75) is 46.2 Å². The molecule has 0 spiro atoms. The molecular weight excluding hydrogens is 252 g/mol. The highest BCUT2D eigenvalue weighted by molar-refractivity contribution is 6.08. The number of piperazine rings is 1. The number of nitrogens with one attached hydrogen (secondary N) is 1. The second-order valence-electron chi connectivity index (χ2n) is 6.28. The van der Waals surface area contributed by atoms with Crippen LogP contribution in [0.15, 0.2) is 30.3 Å². The van der Waals surface area contributed by atoms with Gasteiger partial charge in [0, 0.05) is 5.69 Å². The Balaban J connectivity index is 2.44. The fraction of sp³-hybridized carbons (Fsp3) is 0.500. The van der Waals surface area contributed by atoms with Gasteiger partial charge in [-0.15, -0.1) is 0 Å². The van der Waals surface area contributed by atoms with Crippen LogP contribution in [-0.2, 0) is 9.59 Å². The maximum atomic E-state index is 12.8. The van der Waals surface area contributed by atoms with Crippen LogP contribution >= 0.6 is 0 Å². The normalized spacial score (nSPS) is 23.7. The summed E-state index contributed by atoms with van der Waals surface area (Å²) in [5.74, 6) is -0.106. The Morgan fingerprint density at radius 1 is 1.15 bits per heavy atom. The highest BCUT2D eigenvalue weighted by Gasteiger charge is 2.45. The molecule has 1 heterocycles. The highest BCUT2D eigenvalue weighted by Crippen LogP contribution is 2.29. The molecule has 2 rings (SSSR count). The van der Waals surface area contributed by atoms with Crippen molar-refractivity contribution in [1.82, 2.24) is 5.32 Å². The van der Waals surface area contributed by atoms with Gasteiger partial charge in [-0.25, -0.2) is 0 Å². The molecule has 2 amide bonds. The Morgan fingerprint density at radius 3 is 2.25 bits per heavy atom. The zero-order valence-corrected chi connectivity index (χ0v) is 12.5. The molecule has 1 N–H and O–H groups in total. The lowest BCUT2D eigenvalue weighted by Crippen LogP contribution is -2.66. The van der Waals surface area contributed by atoms with Crippen LogP contribution in [0.5, 0.6) is 0 Å². The molecule has 108 valence electrons. The number of carbonyl (C=O) groups excluding carboxylic acids is 2. The summed E-state index contributed by atoms with van der Waals surface area (Å²) >= 11 is 0. The van der Waals surface area contributed by atoms with Crippen molar-refractivity contribution >= 4 is 17.5 Å². The number of para-hydroxylation sites is 1. The van der Waals surface area contributed by atoms with Crippen molar-refractivity contribution in [3.8, 4) is 0 Å². The first-order chi connectivity index (χ1) is 9.36. The molecule has 1 aromatic rings. The summed E-state index contributed by atoms with van der Waals surface area (Å²) in [5.41, 5.74) is 0.479. The average Bonchev–Trinajstić information content (AvgIpc) is 2.40. The number of hydrogen-bond donors (Lipinski definition) is 1. The molecule has 1 aliphatic rings. The van der Waals surface area contributed by atoms with E-state index in [4.69, 9.17) is 0 Å². The number of hydrogen-bond acceptors (Lipinski definition) is 2. The summed E-state index contributed by atoms with van der Waals surface area (Å²) in [6, 6.07) is 8.50. The fourth-order valence-electron chi connectivity index (χ4n) is 2.56. The third-order valence-electron chi connectivity index (χ3n) is 3.67. The molecule has 0 saturated carbocycles. The van der Waals surface area contributed by atoms with Gasteiger partial charge in [0.05, 0.1) is 0 Å². The van der Waals surface area contributed by atoms with Crippen LogP contribution in [0, 0.1) is 5.41 Å². The Kier molecular flexibility index (Phi) is 3.84. The first-order valence-corrected chi connectivity index (χ1v) is 7.04. The predicted molar refractivity (Wildman–Crippen MR) is 79.4 cm³/mol. The second kappa shape index (κ2) is 5.27. The number of nitrogens with zero attached hydrogens (tertiary/aromatic N) is 1. The van der Waals surface area contributed by atoms with Gasteiger partial charge in [-0.3, -0.25) is 14.5 Å². The van der Waals surface area contributed by atoms with Gasteiger partial charge in [0.1, 0.15) is 12.1 Å². The second-order valence-corrected chi connectivity index (χ2v) is 6.28. The molecule has 1 aliphatic heterocycles. The maximum absolute atomic E-state index is 12.8. The average molecular weight is 274 g/mol. The molecule has 2 unspecified atom stereocenters. The number of benzene rings is 1. The topological polar surface area (TPSA) is 49.4 Å². The summed E-state index contributed by atoms with van der Waals surface area (Å²) in [6.07, 6.45) is 0.601. The smallest absolute Gasteiger partial charge is 0.250 e.